The van der Waals surface area contributed by atoms with E-state index in [1.165, 1.54) is 18.2 Å². The highest BCUT2D eigenvalue weighted by Gasteiger charge is 2.29. The van der Waals surface area contributed by atoms with Crippen molar-refractivity contribution in [2.45, 2.75) is 39.8 Å². The first-order valence-corrected chi connectivity index (χ1v) is 7.67. The second-order valence-electron chi connectivity index (χ2n) is 5.76. The van der Waals surface area contributed by atoms with E-state index < -0.39 is 23.1 Å². The number of rotatable bonds is 7. The summed E-state index contributed by atoms with van der Waals surface area (Å²) in [5.74, 6) is -3.56. The maximum Gasteiger partial charge on any atom is 0.261 e. The number of carbonyl (C=O) groups is 1. The molecular formula is C17H21F2N3O3. The number of amides is 1. The van der Waals surface area contributed by atoms with Crippen molar-refractivity contribution < 1.29 is 18.3 Å². The molecule has 0 aliphatic rings. The molecule has 0 saturated heterocycles. The molecule has 0 aromatic heterocycles. The third-order valence-electron chi connectivity index (χ3n) is 3.28. The van der Waals surface area contributed by atoms with Crippen LogP contribution in [0.3, 0.4) is 0 Å². The largest absolute Gasteiger partial charge is 0.453 e. The molecule has 0 fully saturated rings. The fourth-order valence-electron chi connectivity index (χ4n) is 2.40. The van der Waals surface area contributed by atoms with E-state index in [4.69, 9.17) is 4.74 Å². The monoisotopic (exact) mass is 353 g/mol. The Kier molecular flexibility index (Phi) is 7.35. The molecule has 25 heavy (non-hydrogen) atoms. The van der Waals surface area contributed by atoms with Crippen LogP contribution in [0, 0.1) is 16.5 Å². The van der Waals surface area contributed by atoms with Crippen molar-refractivity contribution in [3.63, 3.8) is 0 Å². The Morgan fingerprint density at radius 1 is 1.20 bits per heavy atom. The van der Waals surface area contributed by atoms with Crippen LogP contribution in [-0.2, 0) is 0 Å². The third-order valence-corrected chi connectivity index (χ3v) is 3.28. The van der Waals surface area contributed by atoms with E-state index in [2.05, 4.69) is 10.2 Å². The minimum Gasteiger partial charge on any atom is -0.453 e. The zero-order valence-corrected chi connectivity index (χ0v) is 14.8. The van der Waals surface area contributed by atoms with Crippen LogP contribution in [0.2, 0.25) is 0 Å². The van der Waals surface area contributed by atoms with Gasteiger partial charge in [0.1, 0.15) is 17.5 Å². The molecule has 0 N–H and O–H groups in total. The van der Waals surface area contributed by atoms with Gasteiger partial charge in [-0.2, -0.15) is 0 Å². The number of ether oxygens (including phenoxy) is 1. The minimum atomic E-state index is -1.32. The molecule has 0 heterocycles. The number of halogens is 2. The van der Waals surface area contributed by atoms with Crippen LogP contribution in [-0.4, -0.2) is 36.2 Å². The van der Waals surface area contributed by atoms with Gasteiger partial charge in [-0.3, -0.25) is 9.79 Å². The molecular weight excluding hydrogens is 332 g/mol. The molecule has 8 heteroatoms. The number of nitrogens with zero attached hydrogens (tertiary/aromatic N) is 3. The first kappa shape index (κ1) is 20.4. The van der Waals surface area contributed by atoms with Crippen LogP contribution in [0.1, 0.15) is 38.1 Å². The van der Waals surface area contributed by atoms with Crippen LogP contribution in [0.5, 0.6) is 5.75 Å². The van der Waals surface area contributed by atoms with Crippen LogP contribution in [0.4, 0.5) is 8.78 Å². The summed E-state index contributed by atoms with van der Waals surface area (Å²) >= 11 is 0. The molecule has 0 spiro atoms. The maximum absolute atomic E-state index is 14.4. The first-order chi connectivity index (χ1) is 11.7. The molecule has 1 aromatic carbocycles. The Bertz CT molecular complexity index is 693. The van der Waals surface area contributed by atoms with Crippen molar-refractivity contribution in [2.75, 3.05) is 7.05 Å². The quantitative estimate of drug-likeness (QED) is 0.424. The predicted octanol–water partition coefficient (Wildman–Crippen LogP) is 3.91. The molecule has 6 nitrogen and oxygen atoms in total. The molecule has 1 rings (SSSR count). The summed E-state index contributed by atoms with van der Waals surface area (Å²) in [6.45, 7) is 7.06. The van der Waals surface area contributed by atoms with Crippen molar-refractivity contribution in [1.29, 1.82) is 0 Å². The van der Waals surface area contributed by atoms with Crippen molar-refractivity contribution in [2.24, 2.45) is 10.2 Å². The van der Waals surface area contributed by atoms with Gasteiger partial charge in [-0.05, 0) is 45.0 Å². The second-order valence-corrected chi connectivity index (χ2v) is 5.76. The topological polar surface area (TPSA) is 71.3 Å². The predicted molar refractivity (Wildman–Crippen MR) is 91.7 cm³/mol. The summed E-state index contributed by atoms with van der Waals surface area (Å²) in [6.07, 6.45) is 1.98. The van der Waals surface area contributed by atoms with Crippen LogP contribution in [0.25, 0.3) is 0 Å². The number of hydrogen-bond donors (Lipinski definition) is 0. The molecule has 0 bridgehead atoms. The molecule has 1 amide bonds. The average Bonchev–Trinajstić information content (AvgIpc) is 2.50. The Morgan fingerprint density at radius 3 is 2.28 bits per heavy atom. The van der Waals surface area contributed by atoms with E-state index in [0.717, 1.165) is 18.3 Å². The lowest BCUT2D eigenvalue weighted by molar-refractivity contribution is 0.0634. The number of benzene rings is 1. The smallest absolute Gasteiger partial charge is 0.261 e. The summed E-state index contributed by atoms with van der Waals surface area (Å²) < 4.78 is 33.4. The molecule has 0 radical (unpaired) electrons. The van der Waals surface area contributed by atoms with Gasteiger partial charge in [0.25, 0.3) is 5.91 Å². The lowest BCUT2D eigenvalue weighted by Gasteiger charge is -2.31. The standard InChI is InChI=1S/C17H21F2N3O3/c1-10(2)22(11(3)4)17(23)15-14(7-6-13(18)16(15)19)25-12(8-20-5)9-21-24/h6-11H,1-5H3/b12-9+,20-8?. The molecule has 0 aliphatic carbocycles. The molecule has 1 aromatic rings. The number of nitroso groups, excluding NO2 is 1. The summed E-state index contributed by atoms with van der Waals surface area (Å²) in [5.41, 5.74) is -0.552. The van der Waals surface area contributed by atoms with Crippen LogP contribution < -0.4 is 4.74 Å². The highest BCUT2D eigenvalue weighted by molar-refractivity contribution is 5.98. The molecule has 136 valence electrons. The van der Waals surface area contributed by atoms with E-state index in [1.807, 2.05) is 0 Å². The van der Waals surface area contributed by atoms with Gasteiger partial charge in [0, 0.05) is 19.1 Å². The number of carbonyl (C=O) groups excluding carboxylic acids is 1. The first-order valence-electron chi connectivity index (χ1n) is 7.67. The van der Waals surface area contributed by atoms with Crippen LogP contribution >= 0.6 is 0 Å². The molecule has 0 aliphatic heterocycles. The van der Waals surface area contributed by atoms with Gasteiger partial charge in [-0.25, -0.2) is 8.78 Å². The minimum absolute atomic E-state index is 0.113. The average molecular weight is 353 g/mol. The van der Waals surface area contributed by atoms with E-state index in [1.54, 1.807) is 27.7 Å². The Hall–Kier alpha value is -2.64. The van der Waals surface area contributed by atoms with Crippen molar-refractivity contribution in [3.8, 4) is 5.75 Å². The Morgan fingerprint density at radius 2 is 1.80 bits per heavy atom. The van der Waals surface area contributed by atoms with Gasteiger partial charge in [0.15, 0.2) is 17.4 Å². The van der Waals surface area contributed by atoms with Crippen molar-refractivity contribution in [3.05, 3.63) is 46.2 Å². The summed E-state index contributed by atoms with van der Waals surface area (Å²) in [4.78, 5) is 28.3. The SMILES string of the molecule is CN=C/C(=C\N=O)Oc1ccc(F)c(F)c1C(=O)N(C(C)C)C(C)C. The summed E-state index contributed by atoms with van der Waals surface area (Å²) in [7, 11) is 1.43. The van der Waals surface area contributed by atoms with Gasteiger partial charge in [-0.1, -0.05) is 0 Å². The lowest BCUT2D eigenvalue weighted by Crippen LogP contribution is -2.42. The van der Waals surface area contributed by atoms with Crippen molar-refractivity contribution in [1.82, 2.24) is 4.90 Å². The molecule has 0 atom stereocenters. The molecule has 0 unspecified atom stereocenters. The Balaban J connectivity index is 3.48. The number of aliphatic imine (C=N–C) groups is 1. The number of allylic oxidation sites excluding steroid dienone is 1. The van der Waals surface area contributed by atoms with E-state index >= 15 is 0 Å². The highest BCUT2D eigenvalue weighted by atomic mass is 19.2. The Labute approximate surface area is 145 Å². The van der Waals surface area contributed by atoms with Gasteiger partial charge in [0.05, 0.1) is 6.21 Å². The summed E-state index contributed by atoms with van der Waals surface area (Å²) in [5, 5.41) is 2.57. The zero-order chi connectivity index (χ0) is 19.1. The number of hydrogen-bond acceptors (Lipinski definition) is 5. The molecule has 0 saturated carbocycles. The van der Waals surface area contributed by atoms with Gasteiger partial charge in [-0.15, -0.1) is 4.91 Å². The van der Waals surface area contributed by atoms with Crippen molar-refractivity contribution >= 4 is 12.1 Å². The maximum atomic E-state index is 14.4. The lowest BCUT2D eigenvalue weighted by atomic mass is 10.1. The van der Waals surface area contributed by atoms with E-state index in [-0.39, 0.29) is 23.6 Å². The fraction of sp³-hybridized carbons (Fsp3) is 0.412. The van der Waals surface area contributed by atoms with E-state index in [9.17, 15) is 18.5 Å². The normalized spacial score (nSPS) is 12.1. The zero-order valence-electron chi connectivity index (χ0n) is 14.8. The third kappa shape index (κ3) is 4.91. The van der Waals surface area contributed by atoms with Gasteiger partial charge in [0.2, 0.25) is 0 Å². The van der Waals surface area contributed by atoms with Gasteiger partial charge < -0.3 is 9.64 Å². The second kappa shape index (κ2) is 9.00. The highest BCUT2D eigenvalue weighted by Crippen LogP contribution is 2.28. The fourth-order valence-corrected chi connectivity index (χ4v) is 2.40. The van der Waals surface area contributed by atoms with E-state index in [0.29, 0.717) is 0 Å². The van der Waals surface area contributed by atoms with Crippen LogP contribution in [0.15, 0.2) is 34.3 Å². The van der Waals surface area contributed by atoms with Gasteiger partial charge >= 0.3 is 0 Å². The summed E-state index contributed by atoms with van der Waals surface area (Å²) in [6, 6.07) is 1.47.